The van der Waals surface area contributed by atoms with Gasteiger partial charge in [-0.05, 0) is 49.4 Å². The lowest BCUT2D eigenvalue weighted by molar-refractivity contribution is -0.122. The maximum Gasteiger partial charge on any atom is 0.252 e. The fraction of sp³-hybridized carbons (Fsp3) is 0.417. The van der Waals surface area contributed by atoms with Gasteiger partial charge in [-0.2, -0.15) is 4.31 Å². The second kappa shape index (κ2) is 11.5. The van der Waals surface area contributed by atoms with Gasteiger partial charge in [0.2, 0.25) is 15.9 Å². The highest BCUT2D eigenvalue weighted by molar-refractivity contribution is 7.89. The first-order valence-corrected chi connectivity index (χ1v) is 13.8. The van der Waals surface area contributed by atoms with E-state index in [0.29, 0.717) is 50.9 Å². The maximum atomic E-state index is 13.8. The third-order valence-electron chi connectivity index (χ3n) is 6.10. The summed E-state index contributed by atoms with van der Waals surface area (Å²) in [6, 6.07) is 9.44. The number of halogens is 2. The molecule has 2 aromatic carbocycles. The van der Waals surface area contributed by atoms with Crippen LogP contribution in [0.25, 0.3) is 0 Å². The molecular formula is C24H27Cl2N3O6S. The molecule has 4 rings (SSSR count). The Kier molecular flexibility index (Phi) is 8.54. The van der Waals surface area contributed by atoms with Crippen molar-refractivity contribution in [2.75, 3.05) is 50.9 Å². The molecule has 0 bridgehead atoms. The zero-order valence-corrected chi connectivity index (χ0v) is 22.1. The zero-order valence-electron chi connectivity index (χ0n) is 19.7. The molecule has 0 N–H and O–H groups in total. The van der Waals surface area contributed by atoms with Gasteiger partial charge in [-0.25, -0.2) is 13.3 Å². The Morgan fingerprint density at radius 2 is 1.78 bits per heavy atom. The molecule has 9 nitrogen and oxygen atoms in total. The predicted octanol–water partition coefficient (Wildman–Crippen LogP) is 3.05. The number of nitrogens with zero attached hydrogens (tertiary/aromatic N) is 3. The maximum absolute atomic E-state index is 13.8. The number of carbonyl (C=O) groups excluding carboxylic acids is 2. The molecule has 0 saturated carbocycles. The summed E-state index contributed by atoms with van der Waals surface area (Å²) in [6.45, 7) is 5.05. The molecule has 0 aliphatic carbocycles. The van der Waals surface area contributed by atoms with Crippen molar-refractivity contribution in [2.24, 2.45) is 0 Å². The third-order valence-corrected chi connectivity index (χ3v) is 8.72. The molecular weight excluding hydrogens is 529 g/mol. The van der Waals surface area contributed by atoms with E-state index in [2.05, 4.69) is 4.90 Å². The molecule has 2 amide bonds. The molecule has 194 valence electrons. The second-order valence-corrected chi connectivity index (χ2v) is 11.1. The Morgan fingerprint density at radius 3 is 2.44 bits per heavy atom. The monoisotopic (exact) mass is 555 g/mol. The first-order chi connectivity index (χ1) is 17.2. The minimum Gasteiger partial charge on any atom is -0.494 e. The largest absolute Gasteiger partial charge is 0.494 e. The predicted molar refractivity (Wildman–Crippen MR) is 136 cm³/mol. The van der Waals surface area contributed by atoms with Crippen LogP contribution in [0.2, 0.25) is 10.0 Å². The first-order valence-electron chi connectivity index (χ1n) is 11.6. The van der Waals surface area contributed by atoms with Crippen LogP contribution in [-0.2, 0) is 24.3 Å². The highest BCUT2D eigenvalue weighted by Gasteiger charge is 2.47. The van der Waals surface area contributed by atoms with E-state index < -0.39 is 27.9 Å². The number of anilines is 1. The van der Waals surface area contributed by atoms with Crippen LogP contribution in [0, 0.1) is 0 Å². The van der Waals surface area contributed by atoms with Crippen molar-refractivity contribution >= 4 is 50.7 Å². The lowest BCUT2D eigenvalue weighted by Crippen LogP contribution is -2.49. The van der Waals surface area contributed by atoms with Crippen molar-refractivity contribution in [3.8, 4) is 5.75 Å². The Hall–Kier alpha value is -2.21. The molecule has 2 saturated heterocycles. The summed E-state index contributed by atoms with van der Waals surface area (Å²) >= 11 is 12.3. The van der Waals surface area contributed by atoms with E-state index in [0.717, 1.165) is 9.21 Å². The molecule has 12 heteroatoms. The standard InChI is InChI=1S/C24H27Cl2N3O6S/c1-2-35-19-6-4-18(5-7-19)29-23(30)16-21(24(29)31)28(10-9-27-11-13-34-14-12-27)36(32,33)22-15-17(25)3-8-20(22)26/h3-8,15,21H,2,9-14,16H2,1H3. The number of sulfonamides is 1. The molecule has 2 aliphatic rings. The molecule has 1 unspecified atom stereocenters. The van der Waals surface area contributed by atoms with E-state index in [1.54, 1.807) is 24.3 Å². The van der Waals surface area contributed by atoms with E-state index in [1.165, 1.54) is 18.2 Å². The minimum absolute atomic E-state index is 0.00796. The van der Waals surface area contributed by atoms with Gasteiger partial charge in [0.25, 0.3) is 5.91 Å². The van der Waals surface area contributed by atoms with E-state index in [4.69, 9.17) is 32.7 Å². The van der Waals surface area contributed by atoms with Crippen molar-refractivity contribution < 1.29 is 27.5 Å². The summed E-state index contributed by atoms with van der Waals surface area (Å²) in [7, 11) is -4.28. The van der Waals surface area contributed by atoms with Gasteiger partial charge < -0.3 is 9.47 Å². The topological polar surface area (TPSA) is 96.5 Å². The van der Waals surface area contributed by atoms with Gasteiger partial charge >= 0.3 is 0 Å². The van der Waals surface area contributed by atoms with Crippen LogP contribution < -0.4 is 9.64 Å². The van der Waals surface area contributed by atoms with E-state index in [-0.39, 0.29) is 27.9 Å². The van der Waals surface area contributed by atoms with Crippen molar-refractivity contribution in [3.05, 3.63) is 52.5 Å². The number of imide groups is 1. The molecule has 2 aliphatic heterocycles. The molecule has 0 spiro atoms. The van der Waals surface area contributed by atoms with Gasteiger partial charge in [0, 0.05) is 31.2 Å². The average Bonchev–Trinajstić information content (AvgIpc) is 3.15. The van der Waals surface area contributed by atoms with Crippen LogP contribution in [-0.4, -0.2) is 81.5 Å². The van der Waals surface area contributed by atoms with Crippen molar-refractivity contribution in [1.29, 1.82) is 0 Å². The summed E-state index contributed by atoms with van der Waals surface area (Å²) in [6.07, 6.45) is -0.285. The summed E-state index contributed by atoms with van der Waals surface area (Å²) in [5.74, 6) is -0.506. The third kappa shape index (κ3) is 5.69. The first kappa shape index (κ1) is 26.8. The number of carbonyl (C=O) groups is 2. The molecule has 0 radical (unpaired) electrons. The van der Waals surface area contributed by atoms with Gasteiger partial charge in [-0.15, -0.1) is 0 Å². The number of amides is 2. The zero-order chi connectivity index (χ0) is 25.9. The number of rotatable bonds is 9. The van der Waals surface area contributed by atoms with Crippen LogP contribution in [0.3, 0.4) is 0 Å². The Morgan fingerprint density at radius 1 is 1.08 bits per heavy atom. The average molecular weight is 556 g/mol. The fourth-order valence-corrected chi connectivity index (χ4v) is 6.59. The highest BCUT2D eigenvalue weighted by atomic mass is 35.5. The van der Waals surface area contributed by atoms with Crippen molar-refractivity contribution in [3.63, 3.8) is 0 Å². The van der Waals surface area contributed by atoms with Gasteiger partial charge in [0.05, 0.1) is 37.0 Å². The minimum atomic E-state index is -4.28. The van der Waals surface area contributed by atoms with E-state index >= 15 is 0 Å². The Balaban J connectivity index is 1.66. The van der Waals surface area contributed by atoms with Crippen LogP contribution >= 0.6 is 23.2 Å². The molecule has 2 fully saturated rings. The smallest absolute Gasteiger partial charge is 0.252 e. The van der Waals surface area contributed by atoms with Crippen molar-refractivity contribution in [1.82, 2.24) is 9.21 Å². The summed E-state index contributed by atoms with van der Waals surface area (Å²) < 4.78 is 39.5. The van der Waals surface area contributed by atoms with Gasteiger partial charge in [0.1, 0.15) is 16.7 Å². The van der Waals surface area contributed by atoms with Gasteiger partial charge in [-0.1, -0.05) is 23.2 Å². The lowest BCUT2D eigenvalue weighted by Gasteiger charge is -2.31. The number of ether oxygens (including phenoxy) is 2. The van der Waals surface area contributed by atoms with Crippen LogP contribution in [0.15, 0.2) is 47.4 Å². The molecule has 1 atom stereocenters. The second-order valence-electron chi connectivity index (χ2n) is 8.36. The molecule has 36 heavy (non-hydrogen) atoms. The van der Waals surface area contributed by atoms with E-state index in [1.807, 2.05) is 6.92 Å². The van der Waals surface area contributed by atoms with Crippen LogP contribution in [0.1, 0.15) is 13.3 Å². The number of hydrogen-bond donors (Lipinski definition) is 0. The van der Waals surface area contributed by atoms with Crippen LogP contribution in [0.5, 0.6) is 5.75 Å². The fourth-order valence-electron chi connectivity index (χ4n) is 4.28. The quantitative estimate of drug-likeness (QED) is 0.438. The Bertz CT molecular complexity index is 1220. The highest BCUT2D eigenvalue weighted by Crippen LogP contribution is 2.33. The van der Waals surface area contributed by atoms with Crippen molar-refractivity contribution in [2.45, 2.75) is 24.3 Å². The molecule has 0 aromatic heterocycles. The number of hydrogen-bond acceptors (Lipinski definition) is 7. The summed E-state index contributed by atoms with van der Waals surface area (Å²) in [5.41, 5.74) is 0.349. The molecule has 2 aromatic rings. The number of morpholine rings is 1. The summed E-state index contributed by atoms with van der Waals surface area (Å²) in [5, 5.41) is 0.173. The SMILES string of the molecule is CCOc1ccc(N2C(=O)CC(N(CCN3CCOCC3)S(=O)(=O)c3cc(Cl)ccc3Cl)C2=O)cc1. The van der Waals surface area contributed by atoms with Crippen LogP contribution in [0.4, 0.5) is 5.69 Å². The Labute approximate surface area is 220 Å². The molecule has 2 heterocycles. The van der Waals surface area contributed by atoms with E-state index in [9.17, 15) is 18.0 Å². The normalized spacial score (nSPS) is 19.3. The lowest BCUT2D eigenvalue weighted by atomic mass is 10.2. The number of benzene rings is 2. The van der Waals surface area contributed by atoms with Gasteiger partial charge in [0.15, 0.2) is 0 Å². The van der Waals surface area contributed by atoms with Gasteiger partial charge in [-0.3, -0.25) is 14.5 Å². The summed E-state index contributed by atoms with van der Waals surface area (Å²) in [4.78, 5) is 29.4.